The minimum atomic E-state index is -1.01. The standard InChI is InChI=1S/C26H25N3O4/c27-19-10-6-18(7-11-19)24(30)22-23(17-4-2-1-3-5-17)29(26(32)25(22)31)20-12-8-16(9-13-20)21-14-15-33-28-21/h6-15,17,22-23H,1-5,27H2. The number of carbonyl (C=O) groups excluding carboxylic acids is 3. The smallest absolute Gasteiger partial charge is 0.295 e. The maximum absolute atomic E-state index is 13.5. The van der Waals surface area contributed by atoms with Gasteiger partial charge in [-0.25, -0.2) is 0 Å². The molecule has 168 valence electrons. The first-order valence-corrected chi connectivity index (χ1v) is 11.3. The Morgan fingerprint density at radius 2 is 1.64 bits per heavy atom. The second kappa shape index (κ2) is 8.65. The Kier molecular flexibility index (Phi) is 5.54. The lowest BCUT2D eigenvalue weighted by atomic mass is 9.76. The van der Waals surface area contributed by atoms with Crippen molar-refractivity contribution in [2.75, 3.05) is 10.6 Å². The molecular formula is C26H25N3O4. The number of rotatable bonds is 5. The minimum Gasteiger partial charge on any atom is -0.399 e. The number of hydrogen-bond acceptors (Lipinski definition) is 6. The number of Topliss-reactive ketones (excluding diaryl/α,β-unsaturated/α-hetero) is 2. The quantitative estimate of drug-likeness (QED) is 0.273. The number of hydrogen-bond donors (Lipinski definition) is 1. The number of anilines is 2. The van der Waals surface area contributed by atoms with Crippen molar-refractivity contribution >= 4 is 28.8 Å². The van der Waals surface area contributed by atoms with E-state index in [9.17, 15) is 14.4 Å². The molecule has 3 aromatic rings. The molecule has 1 amide bonds. The topological polar surface area (TPSA) is 106 Å². The number of nitrogens with zero attached hydrogens (tertiary/aromatic N) is 2. The fourth-order valence-corrected chi connectivity index (χ4v) is 5.19. The largest absolute Gasteiger partial charge is 0.399 e. The Hall–Kier alpha value is -3.74. The lowest BCUT2D eigenvalue weighted by molar-refractivity contribution is -0.135. The number of nitrogen functional groups attached to an aromatic ring is 1. The molecule has 5 rings (SSSR count). The Morgan fingerprint density at radius 3 is 2.27 bits per heavy atom. The van der Waals surface area contributed by atoms with E-state index >= 15 is 0 Å². The van der Waals surface area contributed by atoms with Crippen molar-refractivity contribution in [3.63, 3.8) is 0 Å². The molecule has 0 radical (unpaired) electrons. The highest BCUT2D eigenvalue weighted by atomic mass is 16.5. The first-order chi connectivity index (χ1) is 16.0. The van der Waals surface area contributed by atoms with Gasteiger partial charge in [-0.2, -0.15) is 0 Å². The highest BCUT2D eigenvalue weighted by molar-refractivity contribution is 6.49. The van der Waals surface area contributed by atoms with Crippen molar-refractivity contribution < 1.29 is 18.9 Å². The Balaban J connectivity index is 1.53. The number of aromatic nitrogens is 1. The second-order valence-electron chi connectivity index (χ2n) is 8.82. The molecule has 2 aliphatic rings. The van der Waals surface area contributed by atoms with Gasteiger partial charge in [-0.1, -0.05) is 36.6 Å². The Labute approximate surface area is 191 Å². The summed E-state index contributed by atoms with van der Waals surface area (Å²) >= 11 is 0. The number of ketones is 2. The van der Waals surface area contributed by atoms with E-state index in [-0.39, 0.29) is 11.7 Å². The van der Waals surface area contributed by atoms with Gasteiger partial charge in [0.1, 0.15) is 17.9 Å². The summed E-state index contributed by atoms with van der Waals surface area (Å²) in [5, 5.41) is 3.94. The van der Waals surface area contributed by atoms with E-state index in [0.717, 1.165) is 37.7 Å². The molecule has 7 heteroatoms. The van der Waals surface area contributed by atoms with Crippen LogP contribution in [0.15, 0.2) is 65.4 Å². The number of amides is 1. The fraction of sp³-hybridized carbons (Fsp3) is 0.308. The van der Waals surface area contributed by atoms with E-state index in [1.54, 1.807) is 47.4 Å². The predicted molar refractivity (Wildman–Crippen MR) is 123 cm³/mol. The van der Waals surface area contributed by atoms with Gasteiger partial charge in [0.15, 0.2) is 5.78 Å². The molecule has 2 heterocycles. The first-order valence-electron chi connectivity index (χ1n) is 11.3. The van der Waals surface area contributed by atoms with Gasteiger partial charge < -0.3 is 15.2 Å². The van der Waals surface area contributed by atoms with Crippen LogP contribution in [0.25, 0.3) is 11.3 Å². The lowest BCUT2D eigenvalue weighted by Crippen LogP contribution is -2.43. The fourth-order valence-electron chi connectivity index (χ4n) is 5.19. The van der Waals surface area contributed by atoms with E-state index in [2.05, 4.69) is 5.16 Å². The summed E-state index contributed by atoms with van der Waals surface area (Å²) in [5.41, 5.74) is 8.85. The van der Waals surface area contributed by atoms with Gasteiger partial charge in [-0.3, -0.25) is 14.4 Å². The molecule has 2 fully saturated rings. The van der Waals surface area contributed by atoms with Crippen molar-refractivity contribution in [1.82, 2.24) is 5.16 Å². The SMILES string of the molecule is Nc1ccc(C(=O)C2C(=O)C(=O)N(c3ccc(-c4ccon4)cc3)C2C2CCCCC2)cc1. The van der Waals surface area contributed by atoms with E-state index < -0.39 is 23.7 Å². The molecule has 1 saturated carbocycles. The summed E-state index contributed by atoms with van der Waals surface area (Å²) in [6, 6.07) is 15.1. The summed E-state index contributed by atoms with van der Waals surface area (Å²) in [4.78, 5) is 41.5. The zero-order valence-electron chi connectivity index (χ0n) is 18.1. The van der Waals surface area contributed by atoms with Crippen LogP contribution in [-0.2, 0) is 9.59 Å². The van der Waals surface area contributed by atoms with Crippen LogP contribution in [-0.4, -0.2) is 28.7 Å². The van der Waals surface area contributed by atoms with Crippen molar-refractivity contribution in [3.8, 4) is 11.3 Å². The molecule has 2 atom stereocenters. The molecule has 1 saturated heterocycles. The number of nitrogens with two attached hydrogens (primary N) is 1. The molecule has 0 spiro atoms. The van der Waals surface area contributed by atoms with Crippen LogP contribution in [0.4, 0.5) is 11.4 Å². The lowest BCUT2D eigenvalue weighted by Gasteiger charge is -2.35. The van der Waals surface area contributed by atoms with Gasteiger partial charge in [0, 0.05) is 28.6 Å². The van der Waals surface area contributed by atoms with Crippen molar-refractivity contribution in [3.05, 3.63) is 66.4 Å². The number of benzene rings is 2. The highest BCUT2D eigenvalue weighted by Crippen LogP contribution is 2.41. The highest BCUT2D eigenvalue weighted by Gasteiger charge is 2.54. The van der Waals surface area contributed by atoms with E-state index in [0.29, 0.717) is 22.6 Å². The summed E-state index contributed by atoms with van der Waals surface area (Å²) < 4.78 is 4.91. The summed E-state index contributed by atoms with van der Waals surface area (Å²) in [5.74, 6) is -2.49. The van der Waals surface area contributed by atoms with Gasteiger partial charge in [0.25, 0.3) is 5.91 Å². The molecule has 1 aromatic heterocycles. The minimum absolute atomic E-state index is 0.0899. The van der Waals surface area contributed by atoms with E-state index in [1.165, 1.54) is 6.26 Å². The van der Waals surface area contributed by atoms with Crippen molar-refractivity contribution in [1.29, 1.82) is 0 Å². The third kappa shape index (κ3) is 3.84. The second-order valence-corrected chi connectivity index (χ2v) is 8.82. The zero-order valence-corrected chi connectivity index (χ0v) is 18.1. The van der Waals surface area contributed by atoms with Crippen LogP contribution in [0.3, 0.4) is 0 Å². The molecule has 7 nitrogen and oxygen atoms in total. The van der Waals surface area contributed by atoms with Gasteiger partial charge in [0.2, 0.25) is 5.78 Å². The van der Waals surface area contributed by atoms with Crippen molar-refractivity contribution in [2.24, 2.45) is 11.8 Å². The van der Waals surface area contributed by atoms with Gasteiger partial charge in [-0.05, 0) is 55.2 Å². The average molecular weight is 444 g/mol. The van der Waals surface area contributed by atoms with Crippen LogP contribution >= 0.6 is 0 Å². The summed E-state index contributed by atoms with van der Waals surface area (Å²) in [6.45, 7) is 0. The summed E-state index contributed by atoms with van der Waals surface area (Å²) in [6.07, 6.45) is 6.48. The third-order valence-corrected chi connectivity index (χ3v) is 6.84. The van der Waals surface area contributed by atoms with Crippen molar-refractivity contribution in [2.45, 2.75) is 38.1 Å². The summed E-state index contributed by atoms with van der Waals surface area (Å²) in [7, 11) is 0. The van der Waals surface area contributed by atoms with E-state index in [1.807, 2.05) is 12.1 Å². The molecule has 2 aromatic carbocycles. The van der Waals surface area contributed by atoms with Gasteiger partial charge >= 0.3 is 0 Å². The van der Waals surface area contributed by atoms with Gasteiger partial charge in [0.05, 0.1) is 6.04 Å². The average Bonchev–Trinajstić information content (AvgIpc) is 3.47. The van der Waals surface area contributed by atoms with Gasteiger partial charge in [-0.15, -0.1) is 0 Å². The normalized spacial score (nSPS) is 21.5. The van der Waals surface area contributed by atoms with Crippen LogP contribution in [0.5, 0.6) is 0 Å². The zero-order chi connectivity index (χ0) is 22.9. The molecule has 2 N–H and O–H groups in total. The monoisotopic (exact) mass is 443 g/mol. The maximum atomic E-state index is 13.5. The van der Waals surface area contributed by atoms with E-state index in [4.69, 9.17) is 10.3 Å². The van der Waals surface area contributed by atoms with Crippen LogP contribution in [0.2, 0.25) is 0 Å². The van der Waals surface area contributed by atoms with Crippen LogP contribution < -0.4 is 10.6 Å². The molecule has 1 aliphatic carbocycles. The molecule has 33 heavy (non-hydrogen) atoms. The molecule has 1 aliphatic heterocycles. The predicted octanol–water partition coefficient (Wildman–Crippen LogP) is 4.29. The van der Waals surface area contributed by atoms with Crippen LogP contribution in [0.1, 0.15) is 42.5 Å². The van der Waals surface area contributed by atoms with Crippen LogP contribution in [0, 0.1) is 11.8 Å². The molecule has 0 bridgehead atoms. The number of carbonyl (C=O) groups is 3. The molecular weight excluding hydrogens is 418 g/mol. The molecule has 2 unspecified atom stereocenters. The third-order valence-electron chi connectivity index (χ3n) is 6.84. The Morgan fingerprint density at radius 1 is 0.939 bits per heavy atom. The Bertz CT molecular complexity index is 1160. The maximum Gasteiger partial charge on any atom is 0.295 e. The first kappa shape index (κ1) is 21.1.